The van der Waals surface area contributed by atoms with E-state index < -0.39 is 79.5 Å². The molecule has 5 aromatic carbocycles. The Labute approximate surface area is 542 Å². The molecular formula is C56H59ClN6Na2O18S2. The summed E-state index contributed by atoms with van der Waals surface area (Å²) in [5, 5.41) is 28.0. The van der Waals surface area contributed by atoms with Crippen molar-refractivity contribution >= 4 is 96.8 Å². The van der Waals surface area contributed by atoms with E-state index in [0.717, 1.165) is 53.6 Å². The van der Waals surface area contributed by atoms with Gasteiger partial charge >= 0.3 is 76.7 Å². The summed E-state index contributed by atoms with van der Waals surface area (Å²) in [6, 6.07) is 17.9. The number of fused-ring (bicyclic) bond motifs is 1. The molecule has 442 valence electrons. The van der Waals surface area contributed by atoms with Crippen LogP contribution in [0.3, 0.4) is 0 Å². The second-order valence-corrected chi connectivity index (χ2v) is 21.2. The van der Waals surface area contributed by atoms with Gasteiger partial charge in [-0.1, -0.05) is 76.3 Å². The van der Waals surface area contributed by atoms with Crippen molar-refractivity contribution in [1.82, 2.24) is 9.13 Å². The smallest absolute Gasteiger partial charge is 0.744 e. The summed E-state index contributed by atoms with van der Waals surface area (Å²) in [6.45, 7) is 4.82. The number of nitrogens with zero attached hydrogens (tertiary/aromatic N) is 4. The van der Waals surface area contributed by atoms with E-state index in [1.807, 2.05) is 0 Å². The second kappa shape index (κ2) is 34.4. The number of carbonyl (C=O) groups is 5. The SMILES string of the molecule is CCCCCCCCCCCCOC(=O)C(C)OC(=O)c1ccc(Cl)c(NC(=O)C(Oc2ccc(N=Nc3c(SOO[O-])cc4cc(S(=O)(=O)[O-])cc(NC(C)=O)c4c3Oc3cn(C)c(=O)n(C)c3=O)cc2)C(=O)c2ccc(OC)cc2)c1.[Na+].[Na+]. The van der Waals surface area contributed by atoms with Gasteiger partial charge < -0.3 is 44.1 Å². The molecule has 0 radical (unpaired) electrons. The Morgan fingerprint density at radius 1 is 0.788 bits per heavy atom. The zero-order valence-electron chi connectivity index (χ0n) is 47.9. The zero-order valence-corrected chi connectivity index (χ0v) is 54.3. The molecule has 29 heteroatoms. The normalized spacial score (nSPS) is 11.9. The maximum Gasteiger partial charge on any atom is 1.00 e. The minimum Gasteiger partial charge on any atom is -0.744 e. The minimum absolute atomic E-state index is 0. The number of Topliss-reactive ketones (excluding diaryl/α,β-unsaturated/α-hetero) is 1. The molecule has 0 aliphatic rings. The van der Waals surface area contributed by atoms with Crippen LogP contribution in [-0.2, 0) is 57.4 Å². The molecule has 2 atom stereocenters. The van der Waals surface area contributed by atoms with Gasteiger partial charge in [0.2, 0.25) is 23.5 Å². The Balaban J connectivity index is 0.00000774. The van der Waals surface area contributed by atoms with Crippen LogP contribution in [0.15, 0.2) is 121 Å². The molecule has 2 N–H and O–H groups in total. The van der Waals surface area contributed by atoms with Crippen LogP contribution in [-0.4, -0.2) is 77.6 Å². The predicted molar refractivity (Wildman–Crippen MR) is 301 cm³/mol. The van der Waals surface area contributed by atoms with E-state index >= 15 is 0 Å². The van der Waals surface area contributed by atoms with Crippen molar-refractivity contribution in [1.29, 1.82) is 0 Å². The monoisotopic (exact) mass is 1250 g/mol. The van der Waals surface area contributed by atoms with E-state index in [0.29, 0.717) is 12.2 Å². The predicted octanol–water partition coefficient (Wildman–Crippen LogP) is 3.49. The fourth-order valence-corrected chi connectivity index (χ4v) is 9.40. The van der Waals surface area contributed by atoms with Crippen molar-refractivity contribution in [2.24, 2.45) is 24.3 Å². The fraction of sp³-hybridized carbons (Fsp3) is 0.339. The van der Waals surface area contributed by atoms with Crippen molar-refractivity contribution in [3.8, 4) is 23.0 Å². The minimum atomic E-state index is -5.18. The van der Waals surface area contributed by atoms with Crippen molar-refractivity contribution in [3.63, 3.8) is 0 Å². The van der Waals surface area contributed by atoms with Crippen LogP contribution in [0, 0.1) is 0 Å². The molecule has 6 rings (SSSR count). The van der Waals surface area contributed by atoms with Crippen molar-refractivity contribution in [2.75, 3.05) is 24.4 Å². The molecule has 0 saturated heterocycles. The maximum atomic E-state index is 14.2. The molecule has 0 spiro atoms. The summed E-state index contributed by atoms with van der Waals surface area (Å²) in [4.78, 5) is 92.0. The van der Waals surface area contributed by atoms with Crippen molar-refractivity contribution < 1.29 is 134 Å². The van der Waals surface area contributed by atoms with Crippen LogP contribution in [0.25, 0.3) is 10.8 Å². The largest absolute Gasteiger partial charge is 1.00 e. The average Bonchev–Trinajstić information content (AvgIpc) is 3.15. The molecule has 24 nitrogen and oxygen atoms in total. The molecule has 0 saturated carbocycles. The Morgan fingerprint density at radius 3 is 2.02 bits per heavy atom. The van der Waals surface area contributed by atoms with Crippen LogP contribution < -0.4 is 100 Å². The molecule has 2 amide bonds. The number of unbranched alkanes of at least 4 members (excludes halogenated alkanes) is 9. The first-order valence-corrected chi connectivity index (χ1v) is 28.5. The van der Waals surface area contributed by atoms with Gasteiger partial charge in [-0.15, -0.1) is 5.11 Å². The molecule has 0 bridgehead atoms. The number of ether oxygens (including phenoxy) is 5. The number of hydrogen-bond acceptors (Lipinski definition) is 21. The summed E-state index contributed by atoms with van der Waals surface area (Å²) < 4.78 is 71.4. The van der Waals surface area contributed by atoms with Crippen LogP contribution in [0.1, 0.15) is 106 Å². The second-order valence-electron chi connectivity index (χ2n) is 18.7. The number of hydrogen-bond donors (Lipinski definition) is 2. The van der Waals surface area contributed by atoms with Gasteiger partial charge in [-0.3, -0.25) is 33.4 Å². The molecule has 1 aromatic heterocycles. The van der Waals surface area contributed by atoms with E-state index in [1.54, 1.807) is 0 Å². The molecule has 0 aliphatic carbocycles. The molecule has 85 heavy (non-hydrogen) atoms. The van der Waals surface area contributed by atoms with Crippen LogP contribution >= 0.6 is 23.6 Å². The first-order chi connectivity index (χ1) is 39.6. The number of anilines is 2. The summed E-state index contributed by atoms with van der Waals surface area (Å²) in [6.07, 6.45) is 8.91. The van der Waals surface area contributed by atoms with Gasteiger partial charge in [0.25, 0.3) is 11.5 Å². The van der Waals surface area contributed by atoms with Gasteiger partial charge in [-0.05, 0) is 104 Å². The van der Waals surface area contributed by atoms with Crippen LogP contribution in [0.5, 0.6) is 23.0 Å². The third-order valence-electron chi connectivity index (χ3n) is 12.5. The summed E-state index contributed by atoms with van der Waals surface area (Å²) in [5.41, 5.74) is -2.48. The van der Waals surface area contributed by atoms with Crippen LogP contribution in [0.4, 0.5) is 22.7 Å². The number of ketones is 1. The number of halogens is 1. The Hall–Kier alpha value is -5.98. The fourth-order valence-electron chi connectivity index (χ4n) is 8.21. The number of azo groups is 1. The third kappa shape index (κ3) is 20.3. The quantitative estimate of drug-likeness (QED) is 0.00623. The molecule has 2 unspecified atom stereocenters. The number of methoxy groups -OCH3 is 1. The number of rotatable bonds is 30. The first-order valence-electron chi connectivity index (χ1n) is 25.9. The number of aromatic nitrogens is 2. The number of benzene rings is 5. The van der Waals surface area contributed by atoms with E-state index in [1.165, 1.54) is 139 Å². The van der Waals surface area contributed by atoms with E-state index in [-0.39, 0.29) is 138 Å². The van der Waals surface area contributed by atoms with Gasteiger partial charge in [-0.2, -0.15) is 9.45 Å². The van der Waals surface area contributed by atoms with Gasteiger partial charge in [0.05, 0.1) is 74.8 Å². The Morgan fingerprint density at radius 2 is 1.41 bits per heavy atom. The average molecular weight is 1250 g/mol. The van der Waals surface area contributed by atoms with Crippen molar-refractivity contribution in [2.45, 2.75) is 107 Å². The number of aryl methyl sites for hydroxylation is 1. The molecule has 1 heterocycles. The molecule has 0 fully saturated rings. The topological polar surface area (TPSA) is 323 Å². The van der Waals surface area contributed by atoms with E-state index in [9.17, 15) is 51.8 Å². The van der Waals surface area contributed by atoms with Gasteiger partial charge in [0, 0.05) is 26.6 Å². The number of carbonyl (C=O) groups excluding carboxylic acids is 5. The molecule has 6 aromatic rings. The summed E-state index contributed by atoms with van der Waals surface area (Å²) >= 11 is 6.73. The van der Waals surface area contributed by atoms with Gasteiger partial charge in [0.1, 0.15) is 27.3 Å². The van der Waals surface area contributed by atoms with Gasteiger partial charge in [0.15, 0.2) is 11.9 Å². The Bertz CT molecular complexity index is 3610. The standard InChI is InChI=1S/C56H61ClN6O18S2.2Na/c1-7-8-9-10-11-12-13-14-15-16-27-76-54(68)33(2)77-55(69)36-19-26-42(57)43(29-36)59-52(66)51(49(65)35-17-22-39(75-6)23-18-35)78-40-24-20-38(21-25-40)60-61-48-46(82-81-80-71)30-37-28-41(83(72,73)74)31-44(58-34(3)64)47(37)50(48)79-45-32-62(4)56(70)63(5)53(45)67;;/h17-26,28-33,51,71H,7-16,27H2,1-6H3,(H,58,64)(H,59,66)(H,72,73,74);;/q;2*+1/p-2. The maximum absolute atomic E-state index is 14.2. The zero-order chi connectivity index (χ0) is 60.4. The van der Waals surface area contributed by atoms with Crippen LogP contribution in [0.2, 0.25) is 5.02 Å². The number of amides is 2. The molecular weight excluding hydrogens is 1190 g/mol. The number of nitrogens with one attached hydrogen (secondary N) is 2. The first kappa shape index (κ1) is 71.5. The Kier molecular flexibility index (Phi) is 28.9. The van der Waals surface area contributed by atoms with E-state index in [4.69, 9.17) is 35.3 Å². The van der Waals surface area contributed by atoms with Gasteiger partial charge in [-0.25, -0.2) is 22.8 Å². The van der Waals surface area contributed by atoms with E-state index in [2.05, 4.69) is 37.2 Å². The summed E-state index contributed by atoms with van der Waals surface area (Å²) in [7, 11) is -1.26. The third-order valence-corrected chi connectivity index (χ3v) is 14.3. The number of esters is 2. The summed E-state index contributed by atoms with van der Waals surface area (Å²) in [5.74, 6) is -4.83. The molecule has 0 aliphatic heterocycles. The van der Waals surface area contributed by atoms with Crippen molar-refractivity contribution in [3.05, 3.63) is 128 Å².